The predicted molar refractivity (Wildman–Crippen MR) is 122 cm³/mol. The van der Waals surface area contributed by atoms with Crippen molar-refractivity contribution in [1.29, 1.82) is 0 Å². The molecule has 0 aliphatic heterocycles. The van der Waals surface area contributed by atoms with Gasteiger partial charge in [0.1, 0.15) is 23.6 Å². The molecule has 2 aliphatic carbocycles. The van der Waals surface area contributed by atoms with E-state index in [2.05, 4.69) is 30.6 Å². The van der Waals surface area contributed by atoms with Crippen LogP contribution in [0, 0.1) is 12.8 Å². The lowest BCUT2D eigenvalue weighted by Gasteiger charge is -2.27. The molecule has 0 amide bonds. The number of aryl methyl sites for hydroxylation is 2. The highest BCUT2D eigenvalue weighted by Gasteiger charge is 2.29. The maximum absolute atomic E-state index is 11.3. The molecule has 0 aromatic carbocycles. The number of carboxylic acid groups (broad SMARTS) is 1. The third kappa shape index (κ3) is 4.82. The van der Waals surface area contributed by atoms with Gasteiger partial charge in [0.05, 0.1) is 35.6 Å². The van der Waals surface area contributed by atoms with E-state index in [1.165, 1.54) is 0 Å². The van der Waals surface area contributed by atoms with Gasteiger partial charge in [-0.1, -0.05) is 5.21 Å². The maximum Gasteiger partial charge on any atom is 0.306 e. The van der Waals surface area contributed by atoms with Gasteiger partial charge in [0.15, 0.2) is 0 Å². The lowest BCUT2D eigenvalue weighted by molar-refractivity contribution is -0.143. The van der Waals surface area contributed by atoms with Crippen molar-refractivity contribution in [3.63, 3.8) is 0 Å². The Balaban J connectivity index is 1.29. The van der Waals surface area contributed by atoms with E-state index in [0.717, 1.165) is 42.9 Å². The molecule has 178 valence electrons. The van der Waals surface area contributed by atoms with Crippen LogP contribution in [-0.2, 0) is 18.4 Å². The second-order valence-corrected chi connectivity index (χ2v) is 9.03. The van der Waals surface area contributed by atoms with Crippen molar-refractivity contribution >= 4 is 11.9 Å². The smallest absolute Gasteiger partial charge is 0.306 e. The van der Waals surface area contributed by atoms with Gasteiger partial charge >= 0.3 is 5.97 Å². The Kier molecular flexibility index (Phi) is 6.08. The number of carboxylic acids is 1. The lowest BCUT2D eigenvalue weighted by atomic mass is 9.87. The molecule has 11 nitrogen and oxygen atoms in total. The Hall–Kier alpha value is -3.63. The van der Waals surface area contributed by atoms with Crippen LogP contribution in [0.3, 0.4) is 0 Å². The zero-order chi connectivity index (χ0) is 23.7. The SMILES string of the molecule is Cc1nc(-c2nnn(C)c2CNc2ncnc(C3CC3)n2)ccc1OC1CCCC(C(=O)O)C1. The summed E-state index contributed by atoms with van der Waals surface area (Å²) in [7, 11) is 1.84. The lowest BCUT2D eigenvalue weighted by Crippen LogP contribution is -2.29. The quantitative estimate of drug-likeness (QED) is 0.511. The molecule has 0 saturated heterocycles. The van der Waals surface area contributed by atoms with Crippen molar-refractivity contribution in [2.75, 3.05) is 5.32 Å². The topological polar surface area (TPSA) is 141 Å². The Bertz CT molecular complexity index is 1190. The number of nitrogens with zero attached hydrogens (tertiary/aromatic N) is 7. The van der Waals surface area contributed by atoms with E-state index in [-0.39, 0.29) is 12.0 Å². The van der Waals surface area contributed by atoms with Crippen molar-refractivity contribution in [2.45, 2.75) is 64.0 Å². The average molecular weight is 465 g/mol. The van der Waals surface area contributed by atoms with Gasteiger partial charge in [0.2, 0.25) is 5.95 Å². The highest BCUT2D eigenvalue weighted by Crippen LogP contribution is 2.38. The average Bonchev–Trinajstić information content (AvgIpc) is 3.62. The summed E-state index contributed by atoms with van der Waals surface area (Å²) < 4.78 is 7.84. The van der Waals surface area contributed by atoms with Gasteiger partial charge in [-0.25, -0.2) is 19.6 Å². The highest BCUT2D eigenvalue weighted by molar-refractivity contribution is 5.70. The Morgan fingerprint density at radius 2 is 2.06 bits per heavy atom. The first kappa shape index (κ1) is 22.2. The van der Waals surface area contributed by atoms with E-state index < -0.39 is 5.97 Å². The molecule has 2 saturated carbocycles. The number of aromatic nitrogens is 7. The monoisotopic (exact) mass is 464 g/mol. The molecular weight excluding hydrogens is 436 g/mol. The minimum absolute atomic E-state index is 0.113. The fourth-order valence-electron chi connectivity index (χ4n) is 4.33. The molecule has 2 atom stereocenters. The third-order valence-electron chi connectivity index (χ3n) is 6.44. The number of rotatable bonds is 8. The zero-order valence-electron chi connectivity index (χ0n) is 19.3. The van der Waals surface area contributed by atoms with Crippen molar-refractivity contribution in [3.8, 4) is 17.1 Å². The van der Waals surface area contributed by atoms with Gasteiger partial charge < -0.3 is 15.2 Å². The highest BCUT2D eigenvalue weighted by atomic mass is 16.5. The molecule has 2 fully saturated rings. The number of hydrogen-bond donors (Lipinski definition) is 2. The van der Waals surface area contributed by atoms with Crippen LogP contribution in [0.4, 0.5) is 5.95 Å². The van der Waals surface area contributed by atoms with Crippen molar-refractivity contribution in [1.82, 2.24) is 34.9 Å². The molecule has 2 unspecified atom stereocenters. The van der Waals surface area contributed by atoms with E-state index in [1.54, 1.807) is 11.0 Å². The predicted octanol–water partition coefficient (Wildman–Crippen LogP) is 2.88. The minimum atomic E-state index is -0.747. The van der Waals surface area contributed by atoms with Gasteiger partial charge in [0, 0.05) is 13.0 Å². The molecular formula is C23H28N8O3. The van der Waals surface area contributed by atoms with Gasteiger partial charge in [-0.15, -0.1) is 5.10 Å². The molecule has 3 aromatic rings. The second kappa shape index (κ2) is 9.32. The van der Waals surface area contributed by atoms with Crippen molar-refractivity contribution in [2.24, 2.45) is 13.0 Å². The number of carbonyl (C=O) groups is 1. The third-order valence-corrected chi connectivity index (χ3v) is 6.44. The number of hydrogen-bond acceptors (Lipinski definition) is 9. The van der Waals surface area contributed by atoms with E-state index in [0.29, 0.717) is 48.4 Å². The van der Waals surface area contributed by atoms with Gasteiger partial charge in [-0.3, -0.25) is 4.79 Å². The minimum Gasteiger partial charge on any atom is -0.489 e. The molecule has 11 heteroatoms. The number of aliphatic carboxylic acids is 1. The molecule has 0 bridgehead atoms. The number of pyridine rings is 1. The summed E-state index contributed by atoms with van der Waals surface area (Å²) in [6.45, 7) is 2.32. The first-order valence-corrected chi connectivity index (χ1v) is 11.7. The summed E-state index contributed by atoms with van der Waals surface area (Å²) in [4.78, 5) is 29.1. The summed E-state index contributed by atoms with van der Waals surface area (Å²) in [5.74, 6) is 1.40. The van der Waals surface area contributed by atoms with Crippen LogP contribution < -0.4 is 10.1 Å². The maximum atomic E-state index is 11.3. The van der Waals surface area contributed by atoms with E-state index in [1.807, 2.05) is 26.1 Å². The number of nitrogens with one attached hydrogen (secondary N) is 1. The summed E-state index contributed by atoms with van der Waals surface area (Å²) in [6, 6.07) is 3.74. The van der Waals surface area contributed by atoms with E-state index in [4.69, 9.17) is 9.72 Å². The molecule has 3 aromatic heterocycles. The van der Waals surface area contributed by atoms with Gasteiger partial charge in [0.25, 0.3) is 0 Å². The van der Waals surface area contributed by atoms with Crippen LogP contribution in [0.2, 0.25) is 0 Å². The molecule has 5 rings (SSSR count). The van der Waals surface area contributed by atoms with E-state index >= 15 is 0 Å². The largest absolute Gasteiger partial charge is 0.489 e. The Morgan fingerprint density at radius 1 is 1.21 bits per heavy atom. The fourth-order valence-corrected chi connectivity index (χ4v) is 4.33. The van der Waals surface area contributed by atoms with Crippen LogP contribution in [0.15, 0.2) is 18.5 Å². The summed E-state index contributed by atoms with van der Waals surface area (Å²) in [5.41, 5.74) is 2.94. The number of ether oxygens (including phenoxy) is 1. The standard InChI is InChI=1S/C23H28N8O3/c1-13-19(34-16-5-3-4-15(10-16)22(32)33)9-8-17(27-13)20-18(31(2)30-29-20)11-24-23-26-12-25-21(28-23)14-6-7-14/h8-9,12,14-16H,3-7,10-11H2,1-2H3,(H,32,33)(H,24,25,26,28). The summed E-state index contributed by atoms with van der Waals surface area (Å²) >= 11 is 0. The Labute approximate surface area is 197 Å². The molecule has 0 spiro atoms. The molecule has 3 heterocycles. The second-order valence-electron chi connectivity index (χ2n) is 9.03. The molecule has 2 N–H and O–H groups in total. The van der Waals surface area contributed by atoms with Crippen LogP contribution in [0.5, 0.6) is 5.75 Å². The number of anilines is 1. The van der Waals surface area contributed by atoms with Gasteiger partial charge in [-0.2, -0.15) is 4.98 Å². The van der Waals surface area contributed by atoms with Crippen molar-refractivity contribution in [3.05, 3.63) is 35.7 Å². The summed E-state index contributed by atoms with van der Waals surface area (Å²) in [5, 5.41) is 21.1. The van der Waals surface area contributed by atoms with Gasteiger partial charge in [-0.05, 0) is 57.6 Å². The molecule has 0 radical (unpaired) electrons. The first-order chi connectivity index (χ1) is 16.5. The van der Waals surface area contributed by atoms with Crippen LogP contribution in [-0.4, -0.2) is 52.1 Å². The normalized spacial score (nSPS) is 20.2. The van der Waals surface area contributed by atoms with Crippen molar-refractivity contribution < 1.29 is 14.6 Å². The fraction of sp³-hybridized carbons (Fsp3) is 0.522. The van der Waals surface area contributed by atoms with E-state index in [9.17, 15) is 9.90 Å². The molecule has 2 aliphatic rings. The van der Waals surface area contributed by atoms with Crippen LogP contribution in [0.25, 0.3) is 11.4 Å². The van der Waals surface area contributed by atoms with Crippen LogP contribution in [0.1, 0.15) is 61.7 Å². The first-order valence-electron chi connectivity index (χ1n) is 11.7. The zero-order valence-corrected chi connectivity index (χ0v) is 19.3. The summed E-state index contributed by atoms with van der Waals surface area (Å²) in [6.07, 6.45) is 6.63. The molecule has 34 heavy (non-hydrogen) atoms. The van der Waals surface area contributed by atoms with Crippen LogP contribution >= 0.6 is 0 Å². The Morgan fingerprint density at radius 3 is 2.82 bits per heavy atom.